The summed E-state index contributed by atoms with van der Waals surface area (Å²) in [5.74, 6) is 0. The van der Waals surface area contributed by atoms with Gasteiger partial charge in [-0.3, -0.25) is 4.90 Å². The maximum atomic E-state index is 5.56. The molecule has 0 heterocycles. The van der Waals surface area contributed by atoms with Crippen molar-refractivity contribution < 1.29 is 0 Å². The van der Waals surface area contributed by atoms with Crippen LogP contribution in [0.3, 0.4) is 0 Å². The van der Waals surface area contributed by atoms with Gasteiger partial charge in [0, 0.05) is 12.1 Å². The Morgan fingerprint density at radius 1 is 1.50 bits per heavy atom. The summed E-state index contributed by atoms with van der Waals surface area (Å²) in [6.07, 6.45) is 5.24. The number of hydrogen-bond donors (Lipinski definition) is 1. The van der Waals surface area contributed by atoms with Crippen LogP contribution in [0.15, 0.2) is 0 Å². The lowest BCUT2D eigenvalue weighted by Gasteiger charge is -2.28. The highest BCUT2D eigenvalue weighted by atomic mass is 15.2. The minimum absolute atomic E-state index is 0.697. The quantitative estimate of drug-likeness (QED) is 0.656. The van der Waals surface area contributed by atoms with Gasteiger partial charge in [0.05, 0.1) is 0 Å². The SMILES string of the molecule is CCCN(C(C)CCN)C1CC1. The summed E-state index contributed by atoms with van der Waals surface area (Å²) in [5.41, 5.74) is 5.56. The van der Waals surface area contributed by atoms with E-state index in [-0.39, 0.29) is 0 Å². The normalized spacial score (nSPS) is 20.0. The van der Waals surface area contributed by atoms with Crippen molar-refractivity contribution in [3.63, 3.8) is 0 Å². The molecule has 0 amide bonds. The van der Waals surface area contributed by atoms with E-state index in [4.69, 9.17) is 5.73 Å². The lowest BCUT2D eigenvalue weighted by molar-refractivity contribution is 0.191. The fourth-order valence-corrected chi connectivity index (χ4v) is 1.83. The van der Waals surface area contributed by atoms with Gasteiger partial charge in [-0.1, -0.05) is 6.92 Å². The summed E-state index contributed by atoms with van der Waals surface area (Å²) in [4.78, 5) is 2.63. The molecule has 1 atom stereocenters. The van der Waals surface area contributed by atoms with Crippen LogP contribution >= 0.6 is 0 Å². The molecule has 0 aliphatic heterocycles. The molecule has 1 unspecified atom stereocenters. The molecule has 0 aromatic rings. The van der Waals surface area contributed by atoms with E-state index in [2.05, 4.69) is 18.7 Å². The molecule has 2 N–H and O–H groups in total. The van der Waals surface area contributed by atoms with E-state index in [0.29, 0.717) is 6.04 Å². The predicted octanol–water partition coefficient (Wildman–Crippen LogP) is 1.60. The topological polar surface area (TPSA) is 29.3 Å². The highest BCUT2D eigenvalue weighted by Gasteiger charge is 2.30. The second kappa shape index (κ2) is 4.83. The van der Waals surface area contributed by atoms with Crippen LogP contribution in [-0.2, 0) is 0 Å². The highest BCUT2D eigenvalue weighted by Crippen LogP contribution is 2.29. The van der Waals surface area contributed by atoms with E-state index < -0.39 is 0 Å². The molecule has 2 nitrogen and oxygen atoms in total. The third kappa shape index (κ3) is 2.76. The molecule has 0 spiro atoms. The van der Waals surface area contributed by atoms with Crippen LogP contribution in [-0.4, -0.2) is 30.1 Å². The van der Waals surface area contributed by atoms with Crippen molar-refractivity contribution in [3.8, 4) is 0 Å². The molecule has 2 heteroatoms. The summed E-state index contributed by atoms with van der Waals surface area (Å²) in [7, 11) is 0. The Hall–Kier alpha value is -0.0800. The minimum Gasteiger partial charge on any atom is -0.330 e. The van der Waals surface area contributed by atoms with Crippen molar-refractivity contribution >= 4 is 0 Å². The van der Waals surface area contributed by atoms with Gasteiger partial charge in [-0.2, -0.15) is 0 Å². The van der Waals surface area contributed by atoms with E-state index in [1.54, 1.807) is 0 Å². The molecule has 0 aromatic heterocycles. The van der Waals surface area contributed by atoms with Crippen LogP contribution < -0.4 is 5.73 Å². The lowest BCUT2D eigenvalue weighted by atomic mass is 10.2. The smallest absolute Gasteiger partial charge is 0.00992 e. The highest BCUT2D eigenvalue weighted by molar-refractivity contribution is 4.87. The van der Waals surface area contributed by atoms with Gasteiger partial charge < -0.3 is 5.73 Å². The molecule has 0 saturated heterocycles. The fraction of sp³-hybridized carbons (Fsp3) is 1.00. The molecule has 1 rings (SSSR count). The predicted molar refractivity (Wildman–Crippen MR) is 53.2 cm³/mol. The van der Waals surface area contributed by atoms with E-state index >= 15 is 0 Å². The van der Waals surface area contributed by atoms with Crippen molar-refractivity contribution in [3.05, 3.63) is 0 Å². The van der Waals surface area contributed by atoms with Gasteiger partial charge in [0.2, 0.25) is 0 Å². The third-order valence-corrected chi connectivity index (χ3v) is 2.65. The summed E-state index contributed by atoms with van der Waals surface area (Å²) < 4.78 is 0. The van der Waals surface area contributed by atoms with Crippen LogP contribution in [0, 0.1) is 0 Å². The first-order valence-corrected chi connectivity index (χ1v) is 5.25. The molecular weight excluding hydrogens is 148 g/mol. The first kappa shape index (κ1) is 10.0. The average Bonchev–Trinajstić information content (AvgIpc) is 2.83. The second-order valence-corrected chi connectivity index (χ2v) is 3.90. The van der Waals surface area contributed by atoms with Crippen molar-refractivity contribution in [2.75, 3.05) is 13.1 Å². The van der Waals surface area contributed by atoms with Gasteiger partial charge in [0.15, 0.2) is 0 Å². The minimum atomic E-state index is 0.697. The molecule has 0 radical (unpaired) electrons. The summed E-state index contributed by atoms with van der Waals surface area (Å²) >= 11 is 0. The molecule has 1 saturated carbocycles. The monoisotopic (exact) mass is 170 g/mol. The fourth-order valence-electron chi connectivity index (χ4n) is 1.83. The van der Waals surface area contributed by atoms with Crippen LogP contribution in [0.4, 0.5) is 0 Å². The molecular formula is C10H22N2. The number of hydrogen-bond acceptors (Lipinski definition) is 2. The second-order valence-electron chi connectivity index (χ2n) is 3.90. The van der Waals surface area contributed by atoms with Gasteiger partial charge >= 0.3 is 0 Å². The first-order valence-electron chi connectivity index (χ1n) is 5.25. The zero-order valence-electron chi connectivity index (χ0n) is 8.42. The van der Waals surface area contributed by atoms with E-state index in [0.717, 1.165) is 19.0 Å². The third-order valence-electron chi connectivity index (χ3n) is 2.65. The Kier molecular flexibility index (Phi) is 4.02. The standard InChI is InChI=1S/C10H22N2/c1-3-8-12(10-4-5-10)9(2)6-7-11/h9-10H,3-8,11H2,1-2H3. The molecule has 1 aliphatic carbocycles. The molecule has 12 heavy (non-hydrogen) atoms. The Balaban J connectivity index is 2.29. The maximum Gasteiger partial charge on any atom is 0.00992 e. The van der Waals surface area contributed by atoms with Gasteiger partial charge in [-0.25, -0.2) is 0 Å². The van der Waals surface area contributed by atoms with Crippen molar-refractivity contribution in [1.29, 1.82) is 0 Å². The van der Waals surface area contributed by atoms with Crippen molar-refractivity contribution in [2.24, 2.45) is 5.73 Å². The van der Waals surface area contributed by atoms with Crippen LogP contribution in [0.5, 0.6) is 0 Å². The Bertz CT molecular complexity index is 121. The van der Waals surface area contributed by atoms with E-state index in [1.807, 2.05) is 0 Å². The lowest BCUT2D eigenvalue weighted by Crippen LogP contribution is -2.37. The first-order chi connectivity index (χ1) is 5.79. The zero-order chi connectivity index (χ0) is 8.97. The van der Waals surface area contributed by atoms with Gasteiger partial charge in [-0.05, 0) is 45.7 Å². The van der Waals surface area contributed by atoms with Crippen LogP contribution in [0.25, 0.3) is 0 Å². The average molecular weight is 170 g/mol. The van der Waals surface area contributed by atoms with Gasteiger partial charge in [0.25, 0.3) is 0 Å². The maximum absolute atomic E-state index is 5.56. The van der Waals surface area contributed by atoms with E-state index in [9.17, 15) is 0 Å². The van der Waals surface area contributed by atoms with Crippen molar-refractivity contribution in [2.45, 2.75) is 51.6 Å². The Morgan fingerprint density at radius 3 is 2.58 bits per heavy atom. The van der Waals surface area contributed by atoms with Crippen LogP contribution in [0.2, 0.25) is 0 Å². The Morgan fingerprint density at radius 2 is 2.17 bits per heavy atom. The summed E-state index contributed by atoms with van der Waals surface area (Å²) in [6.45, 7) is 6.64. The van der Waals surface area contributed by atoms with Gasteiger partial charge in [0.1, 0.15) is 0 Å². The molecule has 72 valence electrons. The summed E-state index contributed by atoms with van der Waals surface area (Å²) in [5, 5.41) is 0. The Labute approximate surface area is 76.1 Å². The van der Waals surface area contributed by atoms with Crippen LogP contribution in [0.1, 0.15) is 39.5 Å². The molecule has 1 aliphatic rings. The molecule has 0 aromatic carbocycles. The van der Waals surface area contributed by atoms with E-state index in [1.165, 1.54) is 25.8 Å². The zero-order valence-corrected chi connectivity index (χ0v) is 8.42. The van der Waals surface area contributed by atoms with Crippen molar-refractivity contribution in [1.82, 2.24) is 4.90 Å². The summed E-state index contributed by atoms with van der Waals surface area (Å²) in [6, 6.07) is 1.59. The van der Waals surface area contributed by atoms with Gasteiger partial charge in [-0.15, -0.1) is 0 Å². The number of rotatable bonds is 6. The number of nitrogens with two attached hydrogens (primary N) is 1. The molecule has 1 fully saturated rings. The largest absolute Gasteiger partial charge is 0.330 e. The molecule has 0 bridgehead atoms. The number of nitrogens with zero attached hydrogens (tertiary/aromatic N) is 1.